The first kappa shape index (κ1) is 21.0. The highest BCUT2D eigenvalue weighted by atomic mass is 16.5. The van der Waals surface area contributed by atoms with Crippen LogP contribution in [-0.2, 0) is 16.1 Å². The quantitative estimate of drug-likeness (QED) is 0.641. The fraction of sp³-hybridized carbons (Fsp3) is 0.286. The molecule has 0 fully saturated rings. The maximum Gasteiger partial charge on any atom is 0.338 e. The molecule has 7 nitrogen and oxygen atoms in total. The number of nitrogens with one attached hydrogen (secondary N) is 3. The average molecular weight is 383 g/mol. The molecular weight excluding hydrogens is 358 g/mol. The highest BCUT2D eigenvalue weighted by Gasteiger charge is 2.11. The lowest BCUT2D eigenvalue weighted by atomic mass is 10.1. The van der Waals surface area contributed by atoms with Gasteiger partial charge in [-0.05, 0) is 50.6 Å². The number of urea groups is 1. The van der Waals surface area contributed by atoms with Gasteiger partial charge in [0.05, 0.1) is 5.56 Å². The summed E-state index contributed by atoms with van der Waals surface area (Å²) in [6.45, 7) is 5.68. The maximum atomic E-state index is 12.1. The molecule has 0 aromatic heterocycles. The minimum Gasteiger partial charge on any atom is -0.452 e. The van der Waals surface area contributed by atoms with E-state index in [2.05, 4.69) is 16.0 Å². The molecule has 0 radical (unpaired) electrons. The predicted octanol–water partition coefficient (Wildman–Crippen LogP) is 3.00. The highest BCUT2D eigenvalue weighted by Crippen LogP contribution is 2.09. The third-order valence-corrected chi connectivity index (χ3v) is 3.73. The van der Waals surface area contributed by atoms with E-state index in [-0.39, 0.29) is 18.7 Å². The molecule has 0 atom stereocenters. The zero-order valence-corrected chi connectivity index (χ0v) is 16.2. The van der Waals surface area contributed by atoms with Gasteiger partial charge in [0.15, 0.2) is 6.61 Å². The van der Waals surface area contributed by atoms with Crippen molar-refractivity contribution in [3.63, 3.8) is 0 Å². The molecule has 0 saturated carbocycles. The number of rotatable bonds is 7. The van der Waals surface area contributed by atoms with Crippen LogP contribution in [0.2, 0.25) is 0 Å². The standard InChI is InChI=1S/C21H25N3O4/c1-14(2)23-21(27)22-12-16-6-8-17(9-7-16)20(26)28-13-19(25)24-18-10-4-15(3)5-11-18/h4-11,14H,12-13H2,1-3H3,(H,24,25)(H2,22,23,27). The van der Waals surface area contributed by atoms with Crippen LogP contribution in [0.5, 0.6) is 0 Å². The molecule has 0 bridgehead atoms. The van der Waals surface area contributed by atoms with Crippen molar-refractivity contribution in [3.8, 4) is 0 Å². The summed E-state index contributed by atoms with van der Waals surface area (Å²) >= 11 is 0. The second-order valence-corrected chi connectivity index (χ2v) is 6.67. The molecule has 0 saturated heterocycles. The molecule has 2 rings (SSSR count). The Hall–Kier alpha value is -3.35. The normalized spacial score (nSPS) is 10.3. The lowest BCUT2D eigenvalue weighted by molar-refractivity contribution is -0.119. The first-order chi connectivity index (χ1) is 13.3. The zero-order chi connectivity index (χ0) is 20.5. The Balaban J connectivity index is 1.78. The summed E-state index contributed by atoms with van der Waals surface area (Å²) in [5, 5.41) is 8.12. The maximum absolute atomic E-state index is 12.1. The fourth-order valence-electron chi connectivity index (χ4n) is 2.30. The number of ether oxygens (including phenoxy) is 1. The first-order valence-corrected chi connectivity index (χ1v) is 9.00. The zero-order valence-electron chi connectivity index (χ0n) is 16.2. The van der Waals surface area contributed by atoms with Crippen LogP contribution < -0.4 is 16.0 Å². The van der Waals surface area contributed by atoms with Crippen LogP contribution in [0.1, 0.15) is 35.3 Å². The van der Waals surface area contributed by atoms with Crippen LogP contribution in [0, 0.1) is 6.92 Å². The Morgan fingerprint density at radius 1 is 0.964 bits per heavy atom. The topological polar surface area (TPSA) is 96.5 Å². The second kappa shape index (κ2) is 10.1. The van der Waals surface area contributed by atoms with E-state index in [0.29, 0.717) is 17.8 Å². The lowest BCUT2D eigenvalue weighted by Crippen LogP contribution is -2.39. The highest BCUT2D eigenvalue weighted by molar-refractivity contribution is 5.95. The van der Waals surface area contributed by atoms with E-state index in [0.717, 1.165) is 11.1 Å². The van der Waals surface area contributed by atoms with Gasteiger partial charge in [0, 0.05) is 18.3 Å². The van der Waals surface area contributed by atoms with E-state index in [1.54, 1.807) is 36.4 Å². The van der Waals surface area contributed by atoms with Crippen LogP contribution in [0.4, 0.5) is 10.5 Å². The van der Waals surface area contributed by atoms with E-state index >= 15 is 0 Å². The number of aryl methyl sites for hydroxylation is 1. The van der Waals surface area contributed by atoms with Gasteiger partial charge in [-0.1, -0.05) is 29.8 Å². The third kappa shape index (κ3) is 7.11. The van der Waals surface area contributed by atoms with E-state index in [1.165, 1.54) is 0 Å². The van der Waals surface area contributed by atoms with Crippen molar-refractivity contribution in [2.75, 3.05) is 11.9 Å². The minimum absolute atomic E-state index is 0.0559. The van der Waals surface area contributed by atoms with Crippen molar-refractivity contribution < 1.29 is 19.1 Å². The fourth-order valence-corrected chi connectivity index (χ4v) is 2.30. The van der Waals surface area contributed by atoms with Gasteiger partial charge in [0.2, 0.25) is 0 Å². The molecule has 2 aromatic rings. The van der Waals surface area contributed by atoms with Crippen molar-refractivity contribution in [2.24, 2.45) is 0 Å². The van der Waals surface area contributed by atoms with E-state index in [1.807, 2.05) is 32.9 Å². The minimum atomic E-state index is -0.587. The van der Waals surface area contributed by atoms with Gasteiger partial charge in [0.1, 0.15) is 0 Å². The third-order valence-electron chi connectivity index (χ3n) is 3.73. The molecule has 0 aliphatic rings. The van der Waals surface area contributed by atoms with Crippen LogP contribution in [-0.4, -0.2) is 30.6 Å². The van der Waals surface area contributed by atoms with Crippen LogP contribution in [0.3, 0.4) is 0 Å². The number of hydrogen-bond donors (Lipinski definition) is 3. The second-order valence-electron chi connectivity index (χ2n) is 6.67. The van der Waals surface area contributed by atoms with E-state index in [9.17, 15) is 14.4 Å². The Morgan fingerprint density at radius 3 is 2.21 bits per heavy atom. The summed E-state index contributed by atoms with van der Waals surface area (Å²) in [7, 11) is 0. The largest absolute Gasteiger partial charge is 0.452 e. The predicted molar refractivity (Wildman–Crippen MR) is 107 cm³/mol. The molecule has 3 amide bonds. The molecule has 0 unspecified atom stereocenters. The monoisotopic (exact) mass is 383 g/mol. The van der Waals surface area contributed by atoms with Gasteiger partial charge in [-0.2, -0.15) is 0 Å². The smallest absolute Gasteiger partial charge is 0.338 e. The first-order valence-electron chi connectivity index (χ1n) is 9.00. The molecule has 28 heavy (non-hydrogen) atoms. The summed E-state index contributed by atoms with van der Waals surface area (Å²) < 4.78 is 5.04. The molecule has 0 spiro atoms. The molecule has 3 N–H and O–H groups in total. The number of benzene rings is 2. The van der Waals surface area contributed by atoms with Gasteiger partial charge in [-0.25, -0.2) is 9.59 Å². The Kier molecular flexibility index (Phi) is 7.56. The van der Waals surface area contributed by atoms with Crippen molar-refractivity contribution in [2.45, 2.75) is 33.4 Å². The van der Waals surface area contributed by atoms with Crippen molar-refractivity contribution >= 4 is 23.6 Å². The summed E-state index contributed by atoms with van der Waals surface area (Å²) in [5.41, 5.74) is 2.90. The van der Waals surface area contributed by atoms with Gasteiger partial charge >= 0.3 is 12.0 Å². The van der Waals surface area contributed by atoms with Gasteiger partial charge in [-0.3, -0.25) is 4.79 Å². The number of anilines is 1. The summed E-state index contributed by atoms with van der Waals surface area (Å²) in [6.07, 6.45) is 0. The molecule has 7 heteroatoms. The van der Waals surface area contributed by atoms with Crippen molar-refractivity contribution in [1.82, 2.24) is 10.6 Å². The van der Waals surface area contributed by atoms with Gasteiger partial charge < -0.3 is 20.7 Å². The number of esters is 1. The molecule has 2 aromatic carbocycles. The van der Waals surface area contributed by atoms with E-state index < -0.39 is 11.9 Å². The Labute approximate surface area is 164 Å². The Bertz CT molecular complexity index is 815. The molecule has 0 heterocycles. The van der Waals surface area contributed by atoms with Crippen LogP contribution in [0.15, 0.2) is 48.5 Å². The van der Waals surface area contributed by atoms with Gasteiger partial charge in [-0.15, -0.1) is 0 Å². The van der Waals surface area contributed by atoms with Crippen molar-refractivity contribution in [1.29, 1.82) is 0 Å². The average Bonchev–Trinajstić information content (AvgIpc) is 2.66. The number of amides is 3. The molecule has 0 aliphatic heterocycles. The van der Waals surface area contributed by atoms with Crippen LogP contribution in [0.25, 0.3) is 0 Å². The lowest BCUT2D eigenvalue weighted by Gasteiger charge is -2.10. The molecular formula is C21H25N3O4. The van der Waals surface area contributed by atoms with Gasteiger partial charge in [0.25, 0.3) is 5.91 Å². The summed E-state index contributed by atoms with van der Waals surface area (Å²) in [5.74, 6) is -0.995. The van der Waals surface area contributed by atoms with E-state index in [4.69, 9.17) is 4.74 Å². The SMILES string of the molecule is Cc1ccc(NC(=O)COC(=O)c2ccc(CNC(=O)NC(C)C)cc2)cc1. The van der Waals surface area contributed by atoms with Crippen molar-refractivity contribution in [3.05, 3.63) is 65.2 Å². The number of carbonyl (C=O) groups is 3. The summed E-state index contributed by atoms with van der Waals surface area (Å²) in [6, 6.07) is 13.8. The van der Waals surface area contributed by atoms with Crippen LogP contribution >= 0.6 is 0 Å². The number of hydrogen-bond acceptors (Lipinski definition) is 4. The Morgan fingerprint density at radius 2 is 1.61 bits per heavy atom. The number of carbonyl (C=O) groups excluding carboxylic acids is 3. The summed E-state index contributed by atoms with van der Waals surface area (Å²) in [4.78, 5) is 35.5. The molecule has 0 aliphatic carbocycles. The molecule has 148 valence electrons.